The molecule has 1 heterocycles. The molecule has 1 saturated heterocycles. The number of nitrogens with one attached hydrogen (secondary N) is 2. The summed E-state index contributed by atoms with van der Waals surface area (Å²) in [5, 5.41) is 5.81. The van der Waals surface area contributed by atoms with Gasteiger partial charge in [-0.15, -0.1) is 0 Å². The zero-order valence-electron chi connectivity index (χ0n) is 11.6. The summed E-state index contributed by atoms with van der Waals surface area (Å²) in [6.45, 7) is 2.86. The second-order valence-electron chi connectivity index (χ2n) is 4.47. The summed E-state index contributed by atoms with van der Waals surface area (Å²) in [7, 11) is 3.24. The van der Waals surface area contributed by atoms with E-state index in [0.29, 0.717) is 32.9 Å². The molecule has 0 aromatic rings. The van der Waals surface area contributed by atoms with Gasteiger partial charge in [0.05, 0.1) is 19.8 Å². The van der Waals surface area contributed by atoms with Crippen molar-refractivity contribution in [3.8, 4) is 0 Å². The van der Waals surface area contributed by atoms with E-state index in [1.165, 1.54) is 4.90 Å². The Morgan fingerprint density at radius 2 is 2.32 bits per heavy atom. The minimum absolute atomic E-state index is 0.0595. The van der Waals surface area contributed by atoms with Crippen LogP contribution < -0.4 is 10.6 Å². The van der Waals surface area contributed by atoms with Gasteiger partial charge in [0.15, 0.2) is 0 Å². The van der Waals surface area contributed by atoms with Crippen LogP contribution in [0.3, 0.4) is 0 Å². The molecule has 0 radical (unpaired) electrons. The second-order valence-corrected chi connectivity index (χ2v) is 4.47. The van der Waals surface area contributed by atoms with E-state index in [2.05, 4.69) is 10.6 Å². The summed E-state index contributed by atoms with van der Waals surface area (Å²) in [5.74, 6) is -0.282. The first-order valence-electron chi connectivity index (χ1n) is 6.47. The Morgan fingerprint density at radius 1 is 1.53 bits per heavy atom. The number of methoxy groups -OCH3 is 1. The highest BCUT2D eigenvalue weighted by atomic mass is 16.5. The van der Waals surface area contributed by atoms with E-state index in [9.17, 15) is 9.59 Å². The smallest absolute Gasteiger partial charge is 0.242 e. The highest BCUT2D eigenvalue weighted by molar-refractivity contribution is 5.87. The Kier molecular flexibility index (Phi) is 7.39. The molecular formula is C12H23N3O4. The predicted octanol–water partition coefficient (Wildman–Crippen LogP) is -1.41. The van der Waals surface area contributed by atoms with Gasteiger partial charge >= 0.3 is 0 Å². The van der Waals surface area contributed by atoms with Gasteiger partial charge in [-0.25, -0.2) is 0 Å². The Hall–Kier alpha value is -1.18. The van der Waals surface area contributed by atoms with Gasteiger partial charge in [-0.2, -0.15) is 0 Å². The average molecular weight is 273 g/mol. The van der Waals surface area contributed by atoms with Crippen LogP contribution >= 0.6 is 0 Å². The van der Waals surface area contributed by atoms with E-state index < -0.39 is 0 Å². The fourth-order valence-corrected chi connectivity index (χ4v) is 1.78. The maximum absolute atomic E-state index is 12.0. The molecule has 0 saturated carbocycles. The molecule has 2 amide bonds. The van der Waals surface area contributed by atoms with Gasteiger partial charge in [0, 0.05) is 33.9 Å². The largest absolute Gasteiger partial charge is 0.385 e. The van der Waals surface area contributed by atoms with E-state index >= 15 is 0 Å². The van der Waals surface area contributed by atoms with Crippen LogP contribution in [0.1, 0.15) is 6.42 Å². The number of hydrogen-bond donors (Lipinski definition) is 2. The molecule has 0 spiro atoms. The molecule has 2 N–H and O–H groups in total. The average Bonchev–Trinajstić information content (AvgIpc) is 2.43. The number of amides is 2. The van der Waals surface area contributed by atoms with E-state index in [1.807, 2.05) is 0 Å². The maximum atomic E-state index is 12.0. The van der Waals surface area contributed by atoms with Crippen molar-refractivity contribution in [2.45, 2.75) is 12.5 Å². The number of rotatable bonds is 7. The zero-order chi connectivity index (χ0) is 14.1. The van der Waals surface area contributed by atoms with Crippen LogP contribution in [-0.4, -0.2) is 76.4 Å². The van der Waals surface area contributed by atoms with Gasteiger partial charge in [0.1, 0.15) is 6.04 Å². The fraction of sp³-hybridized carbons (Fsp3) is 0.833. The summed E-state index contributed by atoms with van der Waals surface area (Å²) in [6.07, 6.45) is 0.762. The van der Waals surface area contributed by atoms with Crippen molar-refractivity contribution >= 4 is 11.8 Å². The quantitative estimate of drug-likeness (QED) is 0.557. The molecule has 110 valence electrons. The SMILES string of the molecule is COCCCNC(=O)CN(C)C(=O)C1COCCN1. The van der Waals surface area contributed by atoms with E-state index in [0.717, 1.165) is 6.42 Å². The number of carbonyl (C=O) groups is 2. The van der Waals surface area contributed by atoms with Crippen LogP contribution in [0.4, 0.5) is 0 Å². The lowest BCUT2D eigenvalue weighted by atomic mass is 10.2. The summed E-state index contributed by atoms with van der Waals surface area (Å²) in [6, 6.07) is -0.347. The first kappa shape index (κ1) is 15.9. The third-order valence-corrected chi connectivity index (χ3v) is 2.82. The van der Waals surface area contributed by atoms with Gasteiger partial charge in [0.2, 0.25) is 11.8 Å². The Balaban J connectivity index is 2.22. The third-order valence-electron chi connectivity index (χ3n) is 2.82. The number of morpholine rings is 1. The fourth-order valence-electron chi connectivity index (χ4n) is 1.78. The molecule has 7 heteroatoms. The first-order chi connectivity index (χ1) is 9.15. The van der Waals surface area contributed by atoms with Crippen molar-refractivity contribution in [1.82, 2.24) is 15.5 Å². The molecule has 1 rings (SSSR count). The van der Waals surface area contributed by atoms with Crippen LogP contribution in [0.2, 0.25) is 0 Å². The molecule has 1 unspecified atom stereocenters. The summed E-state index contributed by atoms with van der Waals surface area (Å²) < 4.78 is 10.1. The van der Waals surface area contributed by atoms with Crippen molar-refractivity contribution in [2.75, 3.05) is 53.6 Å². The number of ether oxygens (including phenoxy) is 2. The van der Waals surface area contributed by atoms with Gasteiger partial charge in [-0.05, 0) is 6.42 Å². The highest BCUT2D eigenvalue weighted by Gasteiger charge is 2.25. The Bertz CT molecular complexity index is 293. The normalized spacial score (nSPS) is 18.9. The molecular weight excluding hydrogens is 250 g/mol. The van der Waals surface area contributed by atoms with E-state index in [-0.39, 0.29) is 24.4 Å². The predicted molar refractivity (Wildman–Crippen MR) is 69.7 cm³/mol. The van der Waals surface area contributed by atoms with Crippen molar-refractivity contribution in [3.05, 3.63) is 0 Å². The second kappa shape index (κ2) is 8.84. The monoisotopic (exact) mass is 273 g/mol. The topological polar surface area (TPSA) is 79.9 Å². The summed E-state index contributed by atoms with van der Waals surface area (Å²) in [5.41, 5.74) is 0. The molecule has 0 aliphatic carbocycles. The molecule has 1 aliphatic heterocycles. The van der Waals surface area contributed by atoms with Crippen molar-refractivity contribution in [2.24, 2.45) is 0 Å². The molecule has 0 aromatic heterocycles. The highest BCUT2D eigenvalue weighted by Crippen LogP contribution is 1.98. The van der Waals surface area contributed by atoms with Gasteiger partial charge in [0.25, 0.3) is 0 Å². The lowest BCUT2D eigenvalue weighted by Crippen LogP contribution is -2.53. The van der Waals surface area contributed by atoms with Crippen LogP contribution in [0.5, 0.6) is 0 Å². The minimum Gasteiger partial charge on any atom is -0.385 e. The van der Waals surface area contributed by atoms with Crippen LogP contribution in [0.15, 0.2) is 0 Å². The molecule has 0 bridgehead atoms. The molecule has 1 atom stereocenters. The Morgan fingerprint density at radius 3 is 2.95 bits per heavy atom. The van der Waals surface area contributed by atoms with E-state index in [1.54, 1.807) is 14.2 Å². The van der Waals surface area contributed by atoms with Crippen LogP contribution in [0.25, 0.3) is 0 Å². The number of likely N-dealkylation sites (N-methyl/N-ethyl adjacent to an activating group) is 1. The van der Waals surface area contributed by atoms with Gasteiger partial charge < -0.3 is 25.0 Å². The standard InChI is InChI=1S/C12H23N3O4/c1-15(8-11(16)14-4-3-6-18-2)12(17)10-9-19-7-5-13-10/h10,13H,3-9H2,1-2H3,(H,14,16). The lowest BCUT2D eigenvalue weighted by Gasteiger charge is -2.27. The summed E-state index contributed by atoms with van der Waals surface area (Å²) >= 11 is 0. The maximum Gasteiger partial charge on any atom is 0.242 e. The zero-order valence-corrected chi connectivity index (χ0v) is 11.6. The van der Waals surface area contributed by atoms with E-state index in [4.69, 9.17) is 9.47 Å². The van der Waals surface area contributed by atoms with Crippen molar-refractivity contribution in [3.63, 3.8) is 0 Å². The lowest BCUT2D eigenvalue weighted by molar-refractivity contribution is -0.138. The molecule has 7 nitrogen and oxygen atoms in total. The Labute approximate surface area is 113 Å². The molecule has 1 fully saturated rings. The van der Waals surface area contributed by atoms with Crippen LogP contribution in [0, 0.1) is 0 Å². The molecule has 19 heavy (non-hydrogen) atoms. The van der Waals surface area contributed by atoms with Gasteiger partial charge in [-0.3, -0.25) is 9.59 Å². The van der Waals surface area contributed by atoms with Gasteiger partial charge in [-0.1, -0.05) is 0 Å². The molecule has 0 aromatic carbocycles. The number of nitrogens with zero attached hydrogens (tertiary/aromatic N) is 1. The summed E-state index contributed by atoms with van der Waals surface area (Å²) in [4.78, 5) is 25.0. The van der Waals surface area contributed by atoms with Crippen molar-refractivity contribution < 1.29 is 19.1 Å². The van der Waals surface area contributed by atoms with Crippen molar-refractivity contribution in [1.29, 1.82) is 0 Å². The third kappa shape index (κ3) is 6.00. The molecule has 1 aliphatic rings. The number of carbonyl (C=O) groups excluding carboxylic acids is 2. The number of hydrogen-bond acceptors (Lipinski definition) is 5. The first-order valence-corrected chi connectivity index (χ1v) is 6.47. The minimum atomic E-state index is -0.347. The van der Waals surface area contributed by atoms with Crippen LogP contribution in [-0.2, 0) is 19.1 Å².